The van der Waals surface area contributed by atoms with Gasteiger partial charge in [0.05, 0.1) is 6.10 Å². The van der Waals surface area contributed by atoms with E-state index in [0.717, 1.165) is 12.8 Å². The van der Waals surface area contributed by atoms with Gasteiger partial charge < -0.3 is 5.11 Å². The molecule has 2 aliphatic carbocycles. The van der Waals surface area contributed by atoms with Crippen LogP contribution in [0.15, 0.2) is 36.0 Å². The zero-order valence-electron chi connectivity index (χ0n) is 6.40. The first-order chi connectivity index (χ1) is 5.38. The molecule has 0 aromatic carbocycles. The van der Waals surface area contributed by atoms with E-state index in [0.29, 0.717) is 5.92 Å². The lowest BCUT2D eigenvalue weighted by atomic mass is 9.82. The Hall–Kier alpha value is -0.820. The maximum atomic E-state index is 9.54. The fourth-order valence-electron chi connectivity index (χ4n) is 1.74. The highest BCUT2D eigenvalue weighted by Gasteiger charge is 2.23. The van der Waals surface area contributed by atoms with Crippen molar-refractivity contribution in [1.82, 2.24) is 0 Å². The Kier molecular flexibility index (Phi) is 1.66. The molecule has 2 atom stereocenters. The summed E-state index contributed by atoms with van der Waals surface area (Å²) in [5.41, 5.74) is 1.38. The predicted octanol–water partition coefficient (Wildman–Crippen LogP) is 1.81. The third kappa shape index (κ3) is 1.16. The van der Waals surface area contributed by atoms with Crippen LogP contribution in [0.5, 0.6) is 0 Å². The number of fused-ring (bicyclic) bond motifs is 1. The minimum absolute atomic E-state index is 0.250. The summed E-state index contributed by atoms with van der Waals surface area (Å²) in [5, 5.41) is 9.54. The molecule has 0 fully saturated rings. The second-order valence-electron chi connectivity index (χ2n) is 3.13. The van der Waals surface area contributed by atoms with Crippen LogP contribution in [0.25, 0.3) is 0 Å². The van der Waals surface area contributed by atoms with E-state index in [1.54, 1.807) is 0 Å². The van der Waals surface area contributed by atoms with Gasteiger partial charge in [-0.1, -0.05) is 36.0 Å². The van der Waals surface area contributed by atoms with Crippen LogP contribution >= 0.6 is 0 Å². The summed E-state index contributed by atoms with van der Waals surface area (Å²) >= 11 is 0. The molecule has 0 bridgehead atoms. The molecule has 0 saturated heterocycles. The third-order valence-corrected chi connectivity index (χ3v) is 2.42. The van der Waals surface area contributed by atoms with Gasteiger partial charge in [-0.25, -0.2) is 0 Å². The zero-order valence-corrected chi connectivity index (χ0v) is 6.40. The van der Waals surface area contributed by atoms with E-state index < -0.39 is 0 Å². The molecule has 11 heavy (non-hydrogen) atoms. The highest BCUT2D eigenvalue weighted by atomic mass is 16.3. The molecule has 0 amide bonds. The van der Waals surface area contributed by atoms with Crippen molar-refractivity contribution in [3.05, 3.63) is 36.0 Å². The molecule has 2 unspecified atom stereocenters. The Morgan fingerprint density at radius 1 is 1.36 bits per heavy atom. The molecule has 1 nitrogen and oxygen atoms in total. The van der Waals surface area contributed by atoms with Crippen molar-refractivity contribution in [2.24, 2.45) is 5.92 Å². The van der Waals surface area contributed by atoms with Crippen LogP contribution < -0.4 is 0 Å². The lowest BCUT2D eigenvalue weighted by Crippen LogP contribution is -2.23. The van der Waals surface area contributed by atoms with Gasteiger partial charge in [-0.15, -0.1) is 0 Å². The van der Waals surface area contributed by atoms with Crippen LogP contribution in [0.2, 0.25) is 0 Å². The van der Waals surface area contributed by atoms with Crippen molar-refractivity contribution in [2.75, 3.05) is 0 Å². The van der Waals surface area contributed by atoms with Crippen LogP contribution in [0.1, 0.15) is 12.8 Å². The Morgan fingerprint density at radius 2 is 2.27 bits per heavy atom. The van der Waals surface area contributed by atoms with Crippen molar-refractivity contribution in [2.45, 2.75) is 18.9 Å². The Morgan fingerprint density at radius 3 is 3.09 bits per heavy atom. The van der Waals surface area contributed by atoms with Gasteiger partial charge in [0.1, 0.15) is 0 Å². The fourth-order valence-corrected chi connectivity index (χ4v) is 1.74. The molecule has 2 rings (SSSR count). The highest BCUT2D eigenvalue weighted by Crippen LogP contribution is 2.30. The quantitative estimate of drug-likeness (QED) is 0.519. The standard InChI is InChI=1S/C10H12O/c11-10-7-3-5-8-4-1-2-6-9(8)10/h1-3,5,7,9-11H,4,6H2. The van der Waals surface area contributed by atoms with E-state index in [1.165, 1.54) is 5.57 Å². The van der Waals surface area contributed by atoms with Gasteiger partial charge >= 0.3 is 0 Å². The highest BCUT2D eigenvalue weighted by molar-refractivity contribution is 5.28. The molecular formula is C10H12O. The van der Waals surface area contributed by atoms with Gasteiger partial charge in [0, 0.05) is 5.92 Å². The lowest BCUT2D eigenvalue weighted by Gasteiger charge is -2.27. The summed E-state index contributed by atoms with van der Waals surface area (Å²) in [7, 11) is 0. The molecule has 58 valence electrons. The number of rotatable bonds is 0. The molecule has 0 aromatic rings. The Balaban J connectivity index is 2.26. The number of hydrogen-bond donors (Lipinski definition) is 1. The molecule has 2 aliphatic rings. The second-order valence-corrected chi connectivity index (χ2v) is 3.13. The van der Waals surface area contributed by atoms with Crippen molar-refractivity contribution < 1.29 is 5.11 Å². The number of hydrogen-bond acceptors (Lipinski definition) is 1. The summed E-state index contributed by atoms with van der Waals surface area (Å²) in [6.45, 7) is 0. The van der Waals surface area contributed by atoms with Gasteiger partial charge in [-0.05, 0) is 12.8 Å². The van der Waals surface area contributed by atoms with Crippen LogP contribution in [0.3, 0.4) is 0 Å². The molecule has 0 radical (unpaired) electrons. The smallest absolute Gasteiger partial charge is 0.0792 e. The molecule has 1 N–H and O–H groups in total. The maximum Gasteiger partial charge on any atom is 0.0792 e. The lowest BCUT2D eigenvalue weighted by molar-refractivity contribution is 0.167. The summed E-state index contributed by atoms with van der Waals surface area (Å²) < 4.78 is 0. The molecule has 0 aliphatic heterocycles. The van der Waals surface area contributed by atoms with Gasteiger partial charge in [0.2, 0.25) is 0 Å². The SMILES string of the molecule is OC1C=CC=C2CC=CCC21. The van der Waals surface area contributed by atoms with Crippen molar-refractivity contribution in [3.63, 3.8) is 0 Å². The first-order valence-corrected chi connectivity index (χ1v) is 4.08. The van der Waals surface area contributed by atoms with E-state index in [-0.39, 0.29) is 6.10 Å². The van der Waals surface area contributed by atoms with E-state index in [9.17, 15) is 5.11 Å². The normalized spacial score (nSPS) is 34.8. The number of aliphatic hydroxyl groups excluding tert-OH is 1. The second kappa shape index (κ2) is 2.67. The molecule has 0 saturated carbocycles. The molecular weight excluding hydrogens is 136 g/mol. The van der Waals surface area contributed by atoms with Crippen LogP contribution in [-0.4, -0.2) is 11.2 Å². The molecule has 0 spiro atoms. The molecule has 0 aromatic heterocycles. The summed E-state index contributed by atoms with van der Waals surface area (Å²) in [4.78, 5) is 0. The molecule has 0 heterocycles. The summed E-state index contributed by atoms with van der Waals surface area (Å²) in [6.07, 6.45) is 12.0. The van der Waals surface area contributed by atoms with Gasteiger partial charge in [0.15, 0.2) is 0 Å². The van der Waals surface area contributed by atoms with Crippen LogP contribution in [0, 0.1) is 5.92 Å². The van der Waals surface area contributed by atoms with E-state index in [4.69, 9.17) is 0 Å². The zero-order chi connectivity index (χ0) is 7.68. The third-order valence-electron chi connectivity index (χ3n) is 2.42. The largest absolute Gasteiger partial charge is 0.388 e. The Labute approximate surface area is 66.7 Å². The van der Waals surface area contributed by atoms with E-state index in [2.05, 4.69) is 18.2 Å². The fraction of sp³-hybridized carbons (Fsp3) is 0.400. The van der Waals surface area contributed by atoms with Gasteiger partial charge in [-0.3, -0.25) is 0 Å². The topological polar surface area (TPSA) is 20.2 Å². The minimum atomic E-state index is -0.250. The van der Waals surface area contributed by atoms with Crippen LogP contribution in [-0.2, 0) is 0 Å². The summed E-state index contributed by atoms with van der Waals surface area (Å²) in [5.74, 6) is 0.366. The van der Waals surface area contributed by atoms with Crippen molar-refractivity contribution in [1.29, 1.82) is 0 Å². The number of aliphatic hydroxyl groups is 1. The van der Waals surface area contributed by atoms with Crippen molar-refractivity contribution in [3.8, 4) is 0 Å². The van der Waals surface area contributed by atoms with Gasteiger partial charge in [0.25, 0.3) is 0 Å². The van der Waals surface area contributed by atoms with E-state index in [1.807, 2.05) is 12.2 Å². The number of allylic oxidation sites excluding steroid dienone is 4. The van der Waals surface area contributed by atoms with Crippen LogP contribution in [0.4, 0.5) is 0 Å². The first kappa shape index (κ1) is 6.86. The van der Waals surface area contributed by atoms with Gasteiger partial charge in [-0.2, -0.15) is 0 Å². The Bertz CT molecular complexity index is 235. The van der Waals surface area contributed by atoms with E-state index >= 15 is 0 Å². The van der Waals surface area contributed by atoms with Crippen molar-refractivity contribution >= 4 is 0 Å². The average molecular weight is 148 g/mol. The summed E-state index contributed by atoms with van der Waals surface area (Å²) in [6, 6.07) is 0. The molecule has 1 heteroatoms. The first-order valence-electron chi connectivity index (χ1n) is 4.08. The average Bonchev–Trinajstić information content (AvgIpc) is 2.06. The minimum Gasteiger partial charge on any atom is -0.388 e. The predicted molar refractivity (Wildman–Crippen MR) is 45.1 cm³/mol. The maximum absolute atomic E-state index is 9.54. The monoisotopic (exact) mass is 148 g/mol.